The summed E-state index contributed by atoms with van der Waals surface area (Å²) in [5.41, 5.74) is 1.77. The van der Waals surface area contributed by atoms with Gasteiger partial charge in [0.05, 0.1) is 23.7 Å². The van der Waals surface area contributed by atoms with Gasteiger partial charge in [0.1, 0.15) is 23.9 Å². The van der Waals surface area contributed by atoms with E-state index in [4.69, 9.17) is 14.0 Å². The molecule has 2 unspecified atom stereocenters. The molecule has 296 valence electrons. The minimum absolute atomic E-state index is 0.0153. The maximum absolute atomic E-state index is 14.5. The highest BCUT2D eigenvalue weighted by Crippen LogP contribution is 2.48. The van der Waals surface area contributed by atoms with Crippen molar-refractivity contribution >= 4 is 52.6 Å². The normalized spacial score (nSPS) is 21.5. The van der Waals surface area contributed by atoms with Gasteiger partial charge in [-0.1, -0.05) is 30.3 Å². The SMILES string of the molecule is COC[C@H](NP(=O)(Cc1ccc2sc(C(=O)NC3CCC[C@H]4CC[C@@H](C(=O)N5CC(c6cccnc6)C5)N4C3=O)cc2c1)Oc1ccccc1)C(=O)OC(C)C. The van der Waals surface area contributed by atoms with Crippen molar-refractivity contribution in [2.24, 2.45) is 0 Å². The van der Waals surface area contributed by atoms with E-state index in [0.29, 0.717) is 42.1 Å². The first kappa shape index (κ1) is 39.6. The molecule has 2 aromatic carbocycles. The lowest BCUT2D eigenvalue weighted by molar-refractivity contribution is -0.150. The zero-order chi connectivity index (χ0) is 39.4. The lowest BCUT2D eigenvalue weighted by Gasteiger charge is -2.42. The zero-order valence-corrected chi connectivity index (χ0v) is 33.5. The van der Waals surface area contributed by atoms with Gasteiger partial charge in [-0.25, -0.2) is 5.09 Å². The van der Waals surface area contributed by atoms with Crippen molar-refractivity contribution in [3.05, 3.63) is 95.1 Å². The predicted octanol–water partition coefficient (Wildman–Crippen LogP) is 5.89. The molecule has 0 spiro atoms. The number of nitrogens with one attached hydrogen (secondary N) is 2. The van der Waals surface area contributed by atoms with Gasteiger partial charge in [0.25, 0.3) is 5.91 Å². The molecule has 3 amide bonds. The summed E-state index contributed by atoms with van der Waals surface area (Å²) in [5, 5.41) is 6.67. The number of carbonyl (C=O) groups is 4. The molecule has 5 heterocycles. The number of nitrogens with zero attached hydrogens (tertiary/aromatic N) is 3. The Kier molecular flexibility index (Phi) is 12.2. The number of hydrogen-bond acceptors (Lipinski definition) is 10. The van der Waals surface area contributed by atoms with Crippen molar-refractivity contribution in [3.8, 4) is 5.75 Å². The summed E-state index contributed by atoms with van der Waals surface area (Å²) in [6, 6.07) is 17.6. The van der Waals surface area contributed by atoms with E-state index < -0.39 is 31.6 Å². The van der Waals surface area contributed by atoms with Crippen LogP contribution in [-0.2, 0) is 34.6 Å². The summed E-state index contributed by atoms with van der Waals surface area (Å²) in [6.07, 6.45) is 6.58. The molecule has 0 radical (unpaired) electrons. The van der Waals surface area contributed by atoms with E-state index in [-0.39, 0.29) is 48.6 Å². The molecule has 4 aromatic rings. The molecular weight excluding hydrogens is 754 g/mol. The minimum Gasteiger partial charge on any atom is -0.462 e. The molecule has 56 heavy (non-hydrogen) atoms. The number of amides is 3. The number of thiophene rings is 1. The first-order valence-electron chi connectivity index (χ1n) is 19.2. The smallest absolute Gasteiger partial charge is 0.326 e. The Morgan fingerprint density at radius 3 is 2.54 bits per heavy atom. The van der Waals surface area contributed by atoms with E-state index in [9.17, 15) is 23.7 Å². The molecule has 5 atom stereocenters. The fourth-order valence-electron chi connectivity index (χ4n) is 7.84. The van der Waals surface area contributed by atoms with Gasteiger partial charge in [0, 0.05) is 49.3 Å². The molecule has 2 aromatic heterocycles. The van der Waals surface area contributed by atoms with Gasteiger partial charge in [-0.2, -0.15) is 0 Å². The van der Waals surface area contributed by atoms with Crippen LogP contribution in [0, 0.1) is 0 Å². The molecule has 15 heteroatoms. The summed E-state index contributed by atoms with van der Waals surface area (Å²) < 4.78 is 32.0. The number of hydrogen-bond donors (Lipinski definition) is 2. The summed E-state index contributed by atoms with van der Waals surface area (Å²) >= 11 is 1.30. The zero-order valence-electron chi connectivity index (χ0n) is 31.8. The van der Waals surface area contributed by atoms with Gasteiger partial charge in [-0.15, -0.1) is 11.3 Å². The predicted molar refractivity (Wildman–Crippen MR) is 213 cm³/mol. The number of likely N-dealkylation sites (tertiary alicyclic amines) is 1. The van der Waals surface area contributed by atoms with Gasteiger partial charge in [0.2, 0.25) is 11.8 Å². The van der Waals surface area contributed by atoms with Crippen LogP contribution in [0.2, 0.25) is 0 Å². The molecule has 2 N–H and O–H groups in total. The van der Waals surface area contributed by atoms with E-state index in [1.54, 1.807) is 55.3 Å². The van der Waals surface area contributed by atoms with Gasteiger partial charge in [-0.05, 0) is 98.9 Å². The Labute approximate surface area is 330 Å². The van der Waals surface area contributed by atoms with E-state index >= 15 is 0 Å². The summed E-state index contributed by atoms with van der Waals surface area (Å²) in [6.45, 7) is 4.60. The Bertz CT molecular complexity index is 2090. The molecular formula is C41H48N5O8PS. The highest BCUT2D eigenvalue weighted by atomic mass is 32.1. The first-order valence-corrected chi connectivity index (χ1v) is 21.8. The van der Waals surface area contributed by atoms with Crippen molar-refractivity contribution in [1.82, 2.24) is 25.2 Å². The van der Waals surface area contributed by atoms with Crippen molar-refractivity contribution in [3.63, 3.8) is 0 Å². The van der Waals surface area contributed by atoms with Gasteiger partial charge >= 0.3 is 13.5 Å². The summed E-state index contributed by atoms with van der Waals surface area (Å²) in [4.78, 5) is 62.7. The van der Waals surface area contributed by atoms with Crippen LogP contribution in [-0.4, -0.2) is 95.6 Å². The topological polar surface area (TPSA) is 156 Å². The number of ether oxygens (including phenoxy) is 2. The van der Waals surface area contributed by atoms with Crippen LogP contribution in [0.5, 0.6) is 5.75 Å². The monoisotopic (exact) mass is 801 g/mol. The van der Waals surface area contributed by atoms with Crippen LogP contribution in [0.3, 0.4) is 0 Å². The summed E-state index contributed by atoms with van der Waals surface area (Å²) in [5.74, 6) is -0.581. The van der Waals surface area contributed by atoms with Gasteiger partial charge in [-0.3, -0.25) is 28.7 Å². The average Bonchev–Trinajstić information content (AvgIpc) is 3.75. The third-order valence-electron chi connectivity index (χ3n) is 10.5. The third-order valence-corrected chi connectivity index (χ3v) is 13.6. The van der Waals surface area contributed by atoms with Gasteiger partial charge in [0.15, 0.2) is 0 Å². The van der Waals surface area contributed by atoms with Crippen molar-refractivity contribution in [1.29, 1.82) is 0 Å². The Balaban J connectivity index is 1.03. The lowest BCUT2D eigenvalue weighted by Crippen LogP contribution is -2.58. The van der Waals surface area contributed by atoms with E-state index in [2.05, 4.69) is 15.4 Å². The maximum Gasteiger partial charge on any atom is 0.326 e. The Morgan fingerprint density at radius 1 is 1.00 bits per heavy atom. The van der Waals surface area contributed by atoms with E-state index in [1.165, 1.54) is 18.4 Å². The molecule has 0 aliphatic carbocycles. The quantitative estimate of drug-likeness (QED) is 0.116. The summed E-state index contributed by atoms with van der Waals surface area (Å²) in [7, 11) is -2.35. The second-order valence-electron chi connectivity index (χ2n) is 15.0. The van der Waals surface area contributed by atoms with Crippen molar-refractivity contribution in [2.75, 3.05) is 26.8 Å². The number of benzene rings is 2. The largest absolute Gasteiger partial charge is 0.462 e. The standard InChI is InChI=1S/C41H48N5O8PS/c1-26(2)53-41(50)34(24-52-3)44-55(51,54-32-11-5-4-6-12-32)25-27-14-17-36-29(19-27)20-37(56-36)38(47)43-33-13-7-10-31-15-16-35(46(31)39(33)48)40(49)45-22-30(23-45)28-9-8-18-42-21-28/h4-6,8-9,11-12,14,17-21,26,30-31,33-35H,7,10,13,15-16,22-25H2,1-3H3,(H,43,47)(H,44,51)/t31-,33?,34-,35-,55?/m0/s1. The number of rotatable bonds is 14. The molecule has 0 bridgehead atoms. The number of esters is 1. The second kappa shape index (κ2) is 17.3. The number of pyridine rings is 1. The molecule has 7 rings (SSSR count). The number of methoxy groups -OCH3 is 1. The van der Waals surface area contributed by atoms with Crippen molar-refractivity contribution in [2.45, 2.75) is 88.3 Å². The van der Waals surface area contributed by atoms with E-state index in [1.807, 2.05) is 47.5 Å². The van der Waals surface area contributed by atoms with Crippen LogP contribution >= 0.6 is 18.9 Å². The van der Waals surface area contributed by atoms with Crippen LogP contribution in [0.1, 0.15) is 72.7 Å². The highest BCUT2D eigenvalue weighted by Gasteiger charge is 2.47. The first-order chi connectivity index (χ1) is 27.0. The Morgan fingerprint density at radius 2 is 1.80 bits per heavy atom. The Hall–Kier alpha value is -4.62. The van der Waals surface area contributed by atoms with Crippen LogP contribution in [0.15, 0.2) is 79.1 Å². The van der Waals surface area contributed by atoms with Gasteiger partial charge < -0.3 is 29.1 Å². The molecule has 13 nitrogen and oxygen atoms in total. The molecule has 3 fully saturated rings. The average molecular weight is 802 g/mol. The molecule has 3 aliphatic heterocycles. The lowest BCUT2D eigenvalue weighted by atomic mass is 9.92. The molecule has 3 aliphatic rings. The van der Waals surface area contributed by atoms with Crippen LogP contribution in [0.4, 0.5) is 0 Å². The van der Waals surface area contributed by atoms with E-state index in [0.717, 1.165) is 34.9 Å². The fraction of sp³-hybridized carbons (Fsp3) is 0.439. The second-order valence-corrected chi connectivity index (χ2v) is 18.2. The highest BCUT2D eigenvalue weighted by molar-refractivity contribution is 7.56. The van der Waals surface area contributed by atoms with Crippen molar-refractivity contribution < 1.29 is 37.7 Å². The third kappa shape index (κ3) is 8.99. The number of para-hydroxylation sites is 1. The fourth-order valence-corrected chi connectivity index (χ4v) is 10.8. The molecule has 0 saturated carbocycles. The number of fused-ring (bicyclic) bond motifs is 2. The van der Waals surface area contributed by atoms with Crippen LogP contribution in [0.25, 0.3) is 10.1 Å². The molecule has 3 saturated heterocycles. The minimum atomic E-state index is -3.79. The van der Waals surface area contributed by atoms with Crippen LogP contribution < -0.4 is 14.9 Å². The number of aromatic nitrogens is 1. The maximum atomic E-state index is 14.5. The number of carbonyl (C=O) groups excluding carboxylic acids is 4.